The van der Waals surface area contributed by atoms with E-state index >= 15 is 0 Å². The first-order valence-corrected chi connectivity index (χ1v) is 6.94. The summed E-state index contributed by atoms with van der Waals surface area (Å²) in [5.74, 6) is 0.00306. The Labute approximate surface area is 123 Å². The molecule has 1 N–H and O–H groups in total. The average molecular weight is 279 g/mol. The van der Waals surface area contributed by atoms with Gasteiger partial charge in [-0.1, -0.05) is 24.3 Å². The van der Waals surface area contributed by atoms with Gasteiger partial charge in [-0.05, 0) is 36.1 Å². The lowest BCUT2D eigenvalue weighted by Crippen LogP contribution is -2.27. The van der Waals surface area contributed by atoms with E-state index < -0.39 is 0 Å². The van der Waals surface area contributed by atoms with E-state index in [9.17, 15) is 4.79 Å². The molecule has 2 heterocycles. The first-order valence-electron chi connectivity index (χ1n) is 6.94. The number of fused-ring (bicyclic) bond motifs is 1. The summed E-state index contributed by atoms with van der Waals surface area (Å²) in [7, 11) is 0. The smallest absolute Gasteiger partial charge is 0.240 e. The highest BCUT2D eigenvalue weighted by Crippen LogP contribution is 2.18. The molecule has 1 amide bonds. The molecule has 0 spiro atoms. The zero-order chi connectivity index (χ0) is 14.7. The molecule has 0 bridgehead atoms. The summed E-state index contributed by atoms with van der Waals surface area (Å²) in [5, 5.41) is 4.09. The van der Waals surface area contributed by atoms with Crippen molar-refractivity contribution in [3.8, 4) is 0 Å². The number of para-hydroxylation sites is 1. The summed E-state index contributed by atoms with van der Waals surface area (Å²) in [5.41, 5.74) is 3.18. The SMILES string of the molecule is Cc1cc2ccccc2n1CC(=O)NCc1cccnc1. The van der Waals surface area contributed by atoms with Gasteiger partial charge in [0.1, 0.15) is 6.54 Å². The highest BCUT2D eigenvalue weighted by Gasteiger charge is 2.09. The van der Waals surface area contributed by atoms with E-state index in [0.29, 0.717) is 13.1 Å². The summed E-state index contributed by atoms with van der Waals surface area (Å²) in [4.78, 5) is 16.2. The normalized spacial score (nSPS) is 10.7. The molecule has 0 aliphatic carbocycles. The van der Waals surface area contributed by atoms with Crippen molar-refractivity contribution in [1.82, 2.24) is 14.9 Å². The van der Waals surface area contributed by atoms with Crippen LogP contribution in [0.25, 0.3) is 10.9 Å². The van der Waals surface area contributed by atoms with E-state index in [2.05, 4.69) is 22.4 Å². The van der Waals surface area contributed by atoms with Crippen LogP contribution in [-0.2, 0) is 17.9 Å². The first-order chi connectivity index (χ1) is 10.2. The second-order valence-corrected chi connectivity index (χ2v) is 5.07. The quantitative estimate of drug-likeness (QED) is 0.798. The number of hydrogen-bond donors (Lipinski definition) is 1. The molecule has 4 heteroatoms. The molecule has 3 rings (SSSR count). The molecule has 1 aromatic carbocycles. The fraction of sp³-hybridized carbons (Fsp3) is 0.176. The second-order valence-electron chi connectivity index (χ2n) is 5.07. The third-order valence-electron chi connectivity index (χ3n) is 3.53. The topological polar surface area (TPSA) is 46.9 Å². The van der Waals surface area contributed by atoms with Gasteiger partial charge in [0.15, 0.2) is 0 Å². The maximum absolute atomic E-state index is 12.1. The van der Waals surface area contributed by atoms with Crippen LogP contribution in [0, 0.1) is 6.92 Å². The lowest BCUT2D eigenvalue weighted by Gasteiger charge is -2.09. The molecular weight excluding hydrogens is 262 g/mol. The number of benzene rings is 1. The number of aromatic nitrogens is 2. The molecule has 0 atom stereocenters. The van der Waals surface area contributed by atoms with Crippen LogP contribution >= 0.6 is 0 Å². The van der Waals surface area contributed by atoms with E-state index in [0.717, 1.165) is 22.2 Å². The van der Waals surface area contributed by atoms with Crippen LogP contribution in [0.4, 0.5) is 0 Å². The van der Waals surface area contributed by atoms with Crippen LogP contribution in [0.5, 0.6) is 0 Å². The number of carbonyl (C=O) groups is 1. The molecule has 21 heavy (non-hydrogen) atoms. The van der Waals surface area contributed by atoms with Gasteiger partial charge in [-0.25, -0.2) is 0 Å². The fourth-order valence-electron chi connectivity index (χ4n) is 2.46. The molecule has 4 nitrogen and oxygen atoms in total. The number of amides is 1. The molecule has 3 aromatic rings. The number of nitrogens with one attached hydrogen (secondary N) is 1. The van der Waals surface area contributed by atoms with Crippen molar-refractivity contribution >= 4 is 16.8 Å². The second kappa shape index (κ2) is 5.79. The molecular formula is C17H17N3O. The van der Waals surface area contributed by atoms with Gasteiger partial charge in [0.2, 0.25) is 5.91 Å². The van der Waals surface area contributed by atoms with Crippen molar-refractivity contribution in [2.45, 2.75) is 20.0 Å². The van der Waals surface area contributed by atoms with Crippen molar-refractivity contribution < 1.29 is 4.79 Å². The monoisotopic (exact) mass is 279 g/mol. The van der Waals surface area contributed by atoms with Gasteiger partial charge in [-0.2, -0.15) is 0 Å². The molecule has 0 fully saturated rings. The summed E-state index contributed by atoms with van der Waals surface area (Å²) >= 11 is 0. The van der Waals surface area contributed by atoms with Gasteiger partial charge in [-0.3, -0.25) is 9.78 Å². The molecule has 106 valence electrons. The Morgan fingerprint density at radius 1 is 1.24 bits per heavy atom. The minimum absolute atomic E-state index is 0.00306. The van der Waals surface area contributed by atoms with Crippen molar-refractivity contribution in [2.75, 3.05) is 0 Å². The summed E-state index contributed by atoms with van der Waals surface area (Å²) in [6.45, 7) is 2.86. The Bertz CT molecular complexity index is 762. The Balaban J connectivity index is 1.70. The third kappa shape index (κ3) is 2.94. The molecule has 0 aliphatic rings. The van der Waals surface area contributed by atoms with Crippen molar-refractivity contribution in [1.29, 1.82) is 0 Å². The number of hydrogen-bond acceptors (Lipinski definition) is 2. The Hall–Kier alpha value is -2.62. The minimum atomic E-state index is 0.00306. The van der Waals surface area contributed by atoms with Crippen LogP contribution < -0.4 is 5.32 Å². The third-order valence-corrected chi connectivity index (χ3v) is 3.53. The lowest BCUT2D eigenvalue weighted by atomic mass is 10.2. The van der Waals surface area contributed by atoms with Gasteiger partial charge >= 0.3 is 0 Å². The number of pyridine rings is 1. The number of nitrogens with zero attached hydrogens (tertiary/aromatic N) is 2. The Morgan fingerprint density at radius 2 is 2.10 bits per heavy atom. The van der Waals surface area contributed by atoms with Crippen LogP contribution in [0.1, 0.15) is 11.3 Å². The van der Waals surface area contributed by atoms with Crippen LogP contribution in [-0.4, -0.2) is 15.5 Å². The van der Waals surface area contributed by atoms with Gasteiger partial charge < -0.3 is 9.88 Å². The summed E-state index contributed by atoms with van der Waals surface area (Å²) in [6.07, 6.45) is 3.48. The van der Waals surface area contributed by atoms with E-state index in [1.54, 1.807) is 12.4 Å². The minimum Gasteiger partial charge on any atom is -0.350 e. The highest BCUT2D eigenvalue weighted by atomic mass is 16.1. The zero-order valence-corrected chi connectivity index (χ0v) is 11.9. The average Bonchev–Trinajstić information content (AvgIpc) is 2.82. The van der Waals surface area contributed by atoms with Crippen molar-refractivity contribution in [2.24, 2.45) is 0 Å². The maximum Gasteiger partial charge on any atom is 0.240 e. The van der Waals surface area contributed by atoms with Crippen molar-refractivity contribution in [3.05, 3.63) is 66.1 Å². The number of rotatable bonds is 4. The summed E-state index contributed by atoms with van der Waals surface area (Å²) < 4.78 is 2.04. The fourth-order valence-corrected chi connectivity index (χ4v) is 2.46. The molecule has 0 radical (unpaired) electrons. The number of carbonyl (C=O) groups excluding carboxylic acids is 1. The lowest BCUT2D eigenvalue weighted by molar-refractivity contribution is -0.121. The van der Waals surface area contributed by atoms with E-state index in [4.69, 9.17) is 0 Å². The largest absolute Gasteiger partial charge is 0.350 e. The zero-order valence-electron chi connectivity index (χ0n) is 11.9. The standard InChI is InChI=1S/C17H17N3O/c1-13-9-15-6-2-3-7-16(15)20(13)12-17(21)19-11-14-5-4-8-18-10-14/h2-10H,11-12H2,1H3,(H,19,21). The van der Waals surface area contributed by atoms with Crippen LogP contribution in [0.3, 0.4) is 0 Å². The first kappa shape index (κ1) is 13.4. The van der Waals surface area contributed by atoms with Crippen LogP contribution in [0.15, 0.2) is 54.9 Å². The molecule has 0 saturated carbocycles. The van der Waals surface area contributed by atoms with E-state index in [1.807, 2.05) is 41.8 Å². The Morgan fingerprint density at radius 3 is 2.90 bits per heavy atom. The maximum atomic E-state index is 12.1. The molecule has 0 unspecified atom stereocenters. The van der Waals surface area contributed by atoms with Gasteiger partial charge in [-0.15, -0.1) is 0 Å². The van der Waals surface area contributed by atoms with E-state index in [-0.39, 0.29) is 5.91 Å². The Kier molecular flexibility index (Phi) is 3.69. The van der Waals surface area contributed by atoms with Gasteiger partial charge in [0.25, 0.3) is 0 Å². The van der Waals surface area contributed by atoms with Gasteiger partial charge in [0, 0.05) is 30.1 Å². The van der Waals surface area contributed by atoms with Crippen LogP contribution in [0.2, 0.25) is 0 Å². The van der Waals surface area contributed by atoms with Crippen molar-refractivity contribution in [3.63, 3.8) is 0 Å². The predicted molar refractivity (Wildman–Crippen MR) is 82.8 cm³/mol. The number of aryl methyl sites for hydroxylation is 1. The summed E-state index contributed by atoms with van der Waals surface area (Å²) in [6, 6.07) is 14.0. The highest BCUT2D eigenvalue weighted by molar-refractivity contribution is 5.84. The van der Waals surface area contributed by atoms with Gasteiger partial charge in [0.05, 0.1) is 0 Å². The molecule has 2 aromatic heterocycles. The molecule has 0 aliphatic heterocycles. The molecule has 0 saturated heterocycles. The van der Waals surface area contributed by atoms with E-state index in [1.165, 1.54) is 0 Å². The predicted octanol–water partition coefficient (Wildman–Crippen LogP) is 2.66.